The van der Waals surface area contributed by atoms with Gasteiger partial charge >= 0.3 is 23.9 Å². The highest BCUT2D eigenvalue weighted by Gasteiger charge is 2.15. The average molecular weight is 1160 g/mol. The van der Waals surface area contributed by atoms with Crippen LogP contribution in [0.5, 0.6) is 0 Å². The van der Waals surface area contributed by atoms with E-state index in [4.69, 9.17) is 18.9 Å². The smallest absolute Gasteiger partial charge is 0.307 e. The van der Waals surface area contributed by atoms with E-state index >= 15 is 0 Å². The molecular formula is C57H109N3O8S6. The number of hydrogen-bond acceptors (Lipinski definition) is 17. The lowest BCUT2D eigenvalue weighted by atomic mass is 10.1. The first-order chi connectivity index (χ1) is 36.2. The molecule has 0 fully saturated rings. The van der Waals surface area contributed by atoms with E-state index in [1.807, 2.05) is 32.4 Å². The fourth-order valence-corrected chi connectivity index (χ4v) is 13.7. The van der Waals surface area contributed by atoms with Gasteiger partial charge in [-0.25, -0.2) is 0 Å². The number of unbranched alkanes of at least 4 members (excludes halogenated alkanes) is 17. The Hall–Kier alpha value is -0.400. The largest absolute Gasteiger partial charge is 0.466 e. The van der Waals surface area contributed by atoms with Crippen LogP contribution in [0.4, 0.5) is 0 Å². The van der Waals surface area contributed by atoms with E-state index in [0.717, 1.165) is 99.2 Å². The van der Waals surface area contributed by atoms with E-state index in [1.54, 1.807) is 32.4 Å². The molecule has 0 aromatic carbocycles. The molecule has 0 radical (unpaired) electrons. The van der Waals surface area contributed by atoms with Gasteiger partial charge in [0.2, 0.25) is 0 Å². The first-order valence-corrected chi connectivity index (χ1v) is 36.9. The Morgan fingerprint density at radius 2 is 0.662 bits per heavy atom. The van der Waals surface area contributed by atoms with Gasteiger partial charge in [-0.1, -0.05) is 201 Å². The van der Waals surface area contributed by atoms with Crippen molar-refractivity contribution >= 4 is 88.6 Å². The maximum absolute atomic E-state index is 12.8. The van der Waals surface area contributed by atoms with Crippen molar-refractivity contribution in [2.24, 2.45) is 0 Å². The van der Waals surface area contributed by atoms with Gasteiger partial charge in [-0.15, -0.1) is 0 Å². The molecule has 0 aliphatic rings. The van der Waals surface area contributed by atoms with E-state index in [1.165, 1.54) is 116 Å². The molecule has 0 spiro atoms. The predicted molar refractivity (Wildman–Crippen MR) is 330 cm³/mol. The summed E-state index contributed by atoms with van der Waals surface area (Å²) >= 11 is 0. The van der Waals surface area contributed by atoms with Gasteiger partial charge in [-0.3, -0.25) is 19.2 Å². The molecule has 436 valence electrons. The molecule has 0 saturated carbocycles. The first-order valence-electron chi connectivity index (χ1n) is 29.4. The summed E-state index contributed by atoms with van der Waals surface area (Å²) in [4.78, 5) is 57.8. The van der Waals surface area contributed by atoms with E-state index in [0.29, 0.717) is 59.0 Å². The minimum atomic E-state index is -0.196. The van der Waals surface area contributed by atoms with Crippen LogP contribution in [0.1, 0.15) is 207 Å². The normalized spacial score (nSPS) is 11.7. The van der Waals surface area contributed by atoms with Crippen LogP contribution in [0.25, 0.3) is 0 Å². The molecule has 0 unspecified atom stereocenters. The van der Waals surface area contributed by atoms with Gasteiger partial charge in [0.1, 0.15) is 19.8 Å². The standard InChI is InChI=1S/C57H109N3O8S6/c1-6-10-14-18-22-26-44-65-54(61)32-40-59(41-33-55(62)66-45-51-72-69-48-27-23-19-15-11-7-2)38-30-36-58(5)37-31-39-60(42-34-56(63)67-46-52-73-70-49-28-24-20-16-12-8-3)43-35-57(64)68-47-53-74-71-50-29-25-21-17-13-9-4/h10,14H,6-9,11-13,15-53H2,1-5H3/b14-10-. The highest BCUT2D eigenvalue weighted by molar-refractivity contribution is 8.77. The Bertz CT molecular complexity index is 1250. The summed E-state index contributed by atoms with van der Waals surface area (Å²) in [6, 6.07) is 0. The van der Waals surface area contributed by atoms with Gasteiger partial charge in [0, 0.05) is 60.7 Å². The van der Waals surface area contributed by atoms with Crippen LogP contribution in [0, 0.1) is 0 Å². The van der Waals surface area contributed by atoms with Crippen molar-refractivity contribution in [3.63, 3.8) is 0 Å². The first kappa shape index (κ1) is 73.6. The maximum Gasteiger partial charge on any atom is 0.307 e. The molecule has 0 rings (SSSR count). The van der Waals surface area contributed by atoms with Crippen LogP contribution < -0.4 is 0 Å². The number of nitrogens with zero attached hydrogens (tertiary/aromatic N) is 3. The minimum Gasteiger partial charge on any atom is -0.466 e. The Kier molecular flexibility index (Phi) is 59.9. The molecule has 11 nitrogen and oxygen atoms in total. The van der Waals surface area contributed by atoms with Crippen molar-refractivity contribution in [3.8, 4) is 0 Å². The molecule has 0 bridgehead atoms. The monoisotopic (exact) mass is 1160 g/mol. The Morgan fingerprint density at radius 3 is 1.01 bits per heavy atom. The zero-order valence-electron chi connectivity index (χ0n) is 47.7. The fourth-order valence-electron chi connectivity index (χ4n) is 7.78. The van der Waals surface area contributed by atoms with Crippen LogP contribution in [-0.2, 0) is 38.1 Å². The topological polar surface area (TPSA) is 115 Å². The van der Waals surface area contributed by atoms with Crippen molar-refractivity contribution < 1.29 is 38.1 Å². The highest BCUT2D eigenvalue weighted by atomic mass is 33.1. The summed E-state index contributed by atoms with van der Waals surface area (Å²) in [5.74, 6) is 5.00. The van der Waals surface area contributed by atoms with Gasteiger partial charge in [0.25, 0.3) is 0 Å². The van der Waals surface area contributed by atoms with Gasteiger partial charge in [0.15, 0.2) is 0 Å². The van der Waals surface area contributed by atoms with E-state index in [-0.39, 0.29) is 43.1 Å². The Balaban J connectivity index is 5.01. The molecule has 17 heteroatoms. The van der Waals surface area contributed by atoms with E-state index in [2.05, 4.69) is 61.6 Å². The van der Waals surface area contributed by atoms with E-state index < -0.39 is 0 Å². The summed E-state index contributed by atoms with van der Waals surface area (Å²) in [5, 5.41) is 0. The lowest BCUT2D eigenvalue weighted by Crippen LogP contribution is -2.34. The van der Waals surface area contributed by atoms with Gasteiger partial charge in [0.05, 0.1) is 32.3 Å². The van der Waals surface area contributed by atoms with Crippen LogP contribution >= 0.6 is 64.8 Å². The number of allylic oxidation sites excluding steroid dienone is 2. The molecule has 0 N–H and O–H groups in total. The Labute approximate surface area is 478 Å². The molecule has 0 saturated heterocycles. The molecule has 0 aromatic rings. The number of hydrogen-bond donors (Lipinski definition) is 0. The van der Waals surface area contributed by atoms with Crippen molar-refractivity contribution in [2.45, 2.75) is 207 Å². The van der Waals surface area contributed by atoms with Crippen LogP contribution in [0.2, 0.25) is 0 Å². The predicted octanol–water partition coefficient (Wildman–Crippen LogP) is 15.4. The van der Waals surface area contributed by atoms with Crippen molar-refractivity contribution in [1.82, 2.24) is 14.7 Å². The SMILES string of the molecule is CC/C=C\CCCCOC(=O)CCN(CCCN(C)CCCN(CCC(=O)OCCSSCCCCCCCC)CCC(=O)OCCSSCCCCCCCC)CCC(=O)OCCSSCCCCCCCC. The van der Waals surface area contributed by atoms with Crippen LogP contribution in [0.15, 0.2) is 12.2 Å². The van der Waals surface area contributed by atoms with Crippen molar-refractivity contribution in [2.75, 3.05) is 120 Å². The third kappa shape index (κ3) is 56.3. The molecule has 0 amide bonds. The number of rotatable bonds is 59. The summed E-state index contributed by atoms with van der Waals surface area (Å²) in [7, 11) is 13.1. The second-order valence-electron chi connectivity index (χ2n) is 19.2. The fraction of sp³-hybridized carbons (Fsp3) is 0.895. The average Bonchev–Trinajstić information content (AvgIpc) is 3.39. The van der Waals surface area contributed by atoms with Crippen molar-refractivity contribution in [1.29, 1.82) is 0 Å². The second kappa shape index (κ2) is 60.2. The quantitative estimate of drug-likeness (QED) is 0.0189. The second-order valence-corrected chi connectivity index (χ2v) is 27.3. The summed E-state index contributed by atoms with van der Waals surface area (Å²) in [5.41, 5.74) is 0. The lowest BCUT2D eigenvalue weighted by Gasteiger charge is -2.25. The van der Waals surface area contributed by atoms with Gasteiger partial charge < -0.3 is 33.6 Å². The molecule has 74 heavy (non-hydrogen) atoms. The van der Waals surface area contributed by atoms with Crippen molar-refractivity contribution in [3.05, 3.63) is 12.2 Å². The minimum absolute atomic E-state index is 0.194. The molecule has 0 aliphatic carbocycles. The summed E-state index contributed by atoms with van der Waals surface area (Å²) in [6.45, 7) is 15.9. The summed E-state index contributed by atoms with van der Waals surface area (Å²) in [6.07, 6.45) is 34.6. The Morgan fingerprint density at radius 1 is 0.338 bits per heavy atom. The lowest BCUT2D eigenvalue weighted by molar-refractivity contribution is -0.145. The number of ether oxygens (including phenoxy) is 4. The maximum atomic E-state index is 12.8. The molecule has 0 heterocycles. The van der Waals surface area contributed by atoms with Gasteiger partial charge in [-0.05, 0) is 91.0 Å². The number of esters is 4. The van der Waals surface area contributed by atoms with Gasteiger partial charge in [-0.2, -0.15) is 0 Å². The zero-order chi connectivity index (χ0) is 54.1. The molecule has 0 atom stereocenters. The number of carbonyl (C=O) groups excluding carboxylic acids is 4. The third-order valence-electron chi connectivity index (χ3n) is 12.3. The molecular weight excluding hydrogens is 1050 g/mol. The molecule has 0 aliphatic heterocycles. The third-order valence-corrected chi connectivity index (χ3v) is 19.6. The number of carbonyl (C=O) groups is 4. The molecule has 0 aromatic heterocycles. The van der Waals surface area contributed by atoms with Crippen LogP contribution in [-0.4, -0.2) is 159 Å². The van der Waals surface area contributed by atoms with Crippen LogP contribution in [0.3, 0.4) is 0 Å². The van der Waals surface area contributed by atoms with E-state index in [9.17, 15) is 19.2 Å². The highest BCUT2D eigenvalue weighted by Crippen LogP contribution is 2.25. The summed E-state index contributed by atoms with van der Waals surface area (Å²) < 4.78 is 22.3. The zero-order valence-corrected chi connectivity index (χ0v) is 52.6.